The fourth-order valence-electron chi connectivity index (χ4n) is 3.03. The Morgan fingerprint density at radius 2 is 1.92 bits per heavy atom. The van der Waals surface area contributed by atoms with Crippen molar-refractivity contribution in [3.63, 3.8) is 0 Å². The second kappa shape index (κ2) is 7.39. The predicted octanol–water partition coefficient (Wildman–Crippen LogP) is 5.02. The zero-order valence-electron chi connectivity index (χ0n) is 13.5. The van der Waals surface area contributed by atoms with Gasteiger partial charge in [0.05, 0.1) is 11.6 Å². The van der Waals surface area contributed by atoms with Crippen molar-refractivity contribution in [3.8, 4) is 0 Å². The summed E-state index contributed by atoms with van der Waals surface area (Å²) in [7, 11) is 0. The largest absolute Gasteiger partial charge is 0.416 e. The molecular formula is C18H18F3N3S. The number of aromatic nitrogens is 1. The van der Waals surface area contributed by atoms with E-state index in [1.165, 1.54) is 12.1 Å². The van der Waals surface area contributed by atoms with Gasteiger partial charge in [0.1, 0.15) is 0 Å². The van der Waals surface area contributed by atoms with Crippen molar-refractivity contribution in [2.75, 3.05) is 11.9 Å². The van der Waals surface area contributed by atoms with Gasteiger partial charge in [-0.1, -0.05) is 6.07 Å². The predicted molar refractivity (Wildman–Crippen MR) is 95.2 cm³/mol. The van der Waals surface area contributed by atoms with Gasteiger partial charge in [0.15, 0.2) is 5.11 Å². The van der Waals surface area contributed by atoms with Gasteiger partial charge in [-0.3, -0.25) is 4.98 Å². The summed E-state index contributed by atoms with van der Waals surface area (Å²) < 4.78 is 38.0. The lowest BCUT2D eigenvalue weighted by Crippen LogP contribution is -2.41. The Hall–Kier alpha value is -2.15. The minimum absolute atomic E-state index is 0.136. The van der Waals surface area contributed by atoms with E-state index in [1.807, 2.05) is 18.3 Å². The zero-order valence-corrected chi connectivity index (χ0v) is 14.3. The number of nitrogens with one attached hydrogen (secondary N) is 1. The quantitative estimate of drug-likeness (QED) is 0.756. The molecule has 0 saturated carbocycles. The number of rotatable bonds is 2. The number of alkyl halides is 3. The van der Waals surface area contributed by atoms with Crippen LogP contribution in [0.1, 0.15) is 36.4 Å². The summed E-state index contributed by atoms with van der Waals surface area (Å²) in [6, 6.07) is 8.97. The van der Waals surface area contributed by atoms with E-state index in [0.29, 0.717) is 10.8 Å². The molecule has 0 bridgehead atoms. The van der Waals surface area contributed by atoms with Crippen LogP contribution in [0, 0.1) is 0 Å². The first-order valence-corrected chi connectivity index (χ1v) is 8.51. The Morgan fingerprint density at radius 3 is 2.56 bits per heavy atom. The van der Waals surface area contributed by atoms with Gasteiger partial charge in [0.25, 0.3) is 0 Å². The first-order valence-electron chi connectivity index (χ1n) is 8.10. The van der Waals surface area contributed by atoms with E-state index >= 15 is 0 Å². The molecule has 2 heterocycles. The molecule has 1 aromatic carbocycles. The summed E-state index contributed by atoms with van der Waals surface area (Å²) in [5, 5.41) is 3.58. The summed E-state index contributed by atoms with van der Waals surface area (Å²) in [6.07, 6.45) is 2.35. The van der Waals surface area contributed by atoms with Crippen molar-refractivity contribution in [2.24, 2.45) is 0 Å². The lowest BCUT2D eigenvalue weighted by molar-refractivity contribution is -0.137. The van der Waals surface area contributed by atoms with Crippen molar-refractivity contribution in [2.45, 2.75) is 31.5 Å². The molecule has 3 nitrogen and oxygen atoms in total. The third-order valence-corrected chi connectivity index (χ3v) is 4.63. The molecule has 1 aromatic heterocycles. The number of anilines is 1. The third kappa shape index (κ3) is 4.28. The van der Waals surface area contributed by atoms with E-state index in [4.69, 9.17) is 12.2 Å². The van der Waals surface area contributed by atoms with Gasteiger partial charge in [0, 0.05) is 24.6 Å². The van der Waals surface area contributed by atoms with Crippen LogP contribution in [0.4, 0.5) is 18.9 Å². The Kier molecular flexibility index (Phi) is 5.22. The fourth-order valence-corrected chi connectivity index (χ4v) is 3.37. The Morgan fingerprint density at radius 1 is 1.16 bits per heavy atom. The zero-order chi connectivity index (χ0) is 17.9. The van der Waals surface area contributed by atoms with E-state index in [0.717, 1.165) is 43.5 Å². The summed E-state index contributed by atoms with van der Waals surface area (Å²) in [5.41, 5.74) is 0.974. The average Bonchev–Trinajstić information content (AvgIpc) is 2.62. The SMILES string of the molecule is FC(F)(F)c1ccc(NC(=S)N2CCCC[C@H]2c2cccnc2)cc1. The number of piperidine rings is 1. The Labute approximate surface area is 149 Å². The molecule has 0 radical (unpaired) electrons. The van der Waals surface area contributed by atoms with Crippen LogP contribution >= 0.6 is 12.2 Å². The maximum Gasteiger partial charge on any atom is 0.416 e. The van der Waals surface area contributed by atoms with Crippen LogP contribution in [0.5, 0.6) is 0 Å². The van der Waals surface area contributed by atoms with Crippen molar-refractivity contribution in [1.29, 1.82) is 0 Å². The number of benzene rings is 1. The fraction of sp³-hybridized carbons (Fsp3) is 0.333. The van der Waals surface area contributed by atoms with E-state index in [9.17, 15) is 13.2 Å². The molecule has 1 atom stereocenters. The number of nitrogens with zero attached hydrogens (tertiary/aromatic N) is 2. The normalized spacial score (nSPS) is 18.0. The average molecular weight is 365 g/mol. The highest BCUT2D eigenvalue weighted by Gasteiger charge is 2.30. The van der Waals surface area contributed by atoms with Crippen LogP contribution in [-0.4, -0.2) is 21.5 Å². The molecule has 2 aromatic rings. The van der Waals surface area contributed by atoms with Gasteiger partial charge in [-0.25, -0.2) is 0 Å². The van der Waals surface area contributed by atoms with Gasteiger partial charge in [-0.2, -0.15) is 13.2 Å². The number of pyridine rings is 1. The third-order valence-electron chi connectivity index (χ3n) is 4.30. The first-order chi connectivity index (χ1) is 11.9. The first kappa shape index (κ1) is 17.7. The maximum atomic E-state index is 12.7. The number of likely N-dealkylation sites (tertiary alicyclic amines) is 1. The lowest BCUT2D eigenvalue weighted by atomic mass is 9.97. The molecule has 3 rings (SSSR count). The Bertz CT molecular complexity index is 717. The van der Waals surface area contributed by atoms with Gasteiger partial charge in [0.2, 0.25) is 0 Å². The minimum atomic E-state index is -4.34. The van der Waals surface area contributed by atoms with Crippen LogP contribution in [0.3, 0.4) is 0 Å². The molecule has 0 spiro atoms. The van der Waals surface area contributed by atoms with Crippen LogP contribution < -0.4 is 5.32 Å². The maximum absolute atomic E-state index is 12.7. The summed E-state index contributed by atoms with van der Waals surface area (Å²) in [6.45, 7) is 0.812. The lowest BCUT2D eigenvalue weighted by Gasteiger charge is -2.37. The van der Waals surface area contributed by atoms with Gasteiger partial charge in [-0.05, 0) is 67.4 Å². The number of halogens is 3. The number of thiocarbonyl (C=S) groups is 1. The highest BCUT2D eigenvalue weighted by atomic mass is 32.1. The molecule has 1 aliphatic rings. The van der Waals surface area contributed by atoms with Gasteiger partial charge < -0.3 is 10.2 Å². The standard InChI is InChI=1S/C18H18F3N3S/c19-18(20,21)14-6-8-15(9-7-14)23-17(25)24-11-2-1-5-16(24)13-4-3-10-22-12-13/h3-4,6-10,12,16H,1-2,5,11H2,(H,23,25)/t16-/m0/s1. The summed E-state index contributed by atoms with van der Waals surface area (Å²) >= 11 is 5.51. The molecule has 0 aliphatic carbocycles. The molecule has 7 heteroatoms. The van der Waals surface area contributed by atoms with E-state index in [1.54, 1.807) is 6.20 Å². The molecule has 0 unspecified atom stereocenters. The van der Waals surface area contributed by atoms with E-state index < -0.39 is 11.7 Å². The molecule has 1 fully saturated rings. The monoisotopic (exact) mass is 365 g/mol. The number of hydrogen-bond donors (Lipinski definition) is 1. The van der Waals surface area contributed by atoms with Crippen molar-refractivity contribution >= 4 is 23.0 Å². The molecular weight excluding hydrogens is 347 g/mol. The summed E-state index contributed by atoms with van der Waals surface area (Å²) in [4.78, 5) is 6.26. The molecule has 25 heavy (non-hydrogen) atoms. The van der Waals surface area contributed by atoms with Crippen molar-refractivity contribution in [1.82, 2.24) is 9.88 Å². The second-order valence-electron chi connectivity index (χ2n) is 6.00. The van der Waals surface area contributed by atoms with Crippen molar-refractivity contribution in [3.05, 3.63) is 59.9 Å². The van der Waals surface area contributed by atoms with Crippen molar-refractivity contribution < 1.29 is 13.2 Å². The molecule has 1 N–H and O–H groups in total. The van der Waals surface area contributed by atoms with Gasteiger partial charge in [-0.15, -0.1) is 0 Å². The highest BCUT2D eigenvalue weighted by Crippen LogP contribution is 2.32. The molecule has 1 saturated heterocycles. The molecule has 132 valence electrons. The van der Waals surface area contributed by atoms with Crippen LogP contribution in [-0.2, 0) is 6.18 Å². The van der Waals surface area contributed by atoms with Gasteiger partial charge >= 0.3 is 6.18 Å². The van der Waals surface area contributed by atoms with Crippen LogP contribution in [0.15, 0.2) is 48.8 Å². The van der Waals surface area contributed by atoms with Crippen LogP contribution in [0.25, 0.3) is 0 Å². The molecule has 0 amide bonds. The summed E-state index contributed by atoms with van der Waals surface area (Å²) in [5.74, 6) is 0. The Balaban J connectivity index is 1.73. The van der Waals surface area contributed by atoms with E-state index in [-0.39, 0.29) is 6.04 Å². The van der Waals surface area contributed by atoms with E-state index in [2.05, 4.69) is 15.2 Å². The number of hydrogen-bond acceptors (Lipinski definition) is 2. The molecule has 1 aliphatic heterocycles. The van der Waals surface area contributed by atoms with Crippen LogP contribution in [0.2, 0.25) is 0 Å². The topological polar surface area (TPSA) is 28.2 Å². The second-order valence-corrected chi connectivity index (χ2v) is 6.38. The highest BCUT2D eigenvalue weighted by molar-refractivity contribution is 7.80. The smallest absolute Gasteiger partial charge is 0.342 e. The minimum Gasteiger partial charge on any atom is -0.342 e.